The number of aromatic nitrogens is 2. The van der Waals surface area contributed by atoms with Crippen molar-refractivity contribution in [1.29, 1.82) is 0 Å². The Morgan fingerprint density at radius 3 is 3.05 bits per heavy atom. The van der Waals surface area contributed by atoms with Gasteiger partial charge < -0.3 is 10.2 Å². The van der Waals surface area contributed by atoms with Gasteiger partial charge in [-0.2, -0.15) is 5.10 Å². The molecular formula is C12H20N4O2S. The summed E-state index contributed by atoms with van der Waals surface area (Å²) in [7, 11) is -2.88. The number of hydrogen-bond acceptors (Lipinski definition) is 6. The van der Waals surface area contributed by atoms with Crippen molar-refractivity contribution in [2.24, 2.45) is 0 Å². The molecule has 106 valence electrons. The molecule has 0 saturated carbocycles. The zero-order chi connectivity index (χ0) is 13.7. The highest BCUT2D eigenvalue weighted by molar-refractivity contribution is 7.90. The summed E-state index contributed by atoms with van der Waals surface area (Å²) in [6.45, 7) is 2.27. The third-order valence-electron chi connectivity index (χ3n) is 3.26. The van der Waals surface area contributed by atoms with Gasteiger partial charge in [0, 0.05) is 38.1 Å². The van der Waals surface area contributed by atoms with Crippen LogP contribution in [0, 0.1) is 0 Å². The topological polar surface area (TPSA) is 75.2 Å². The van der Waals surface area contributed by atoms with Gasteiger partial charge in [-0.15, -0.1) is 5.10 Å². The van der Waals surface area contributed by atoms with Crippen LogP contribution in [0.25, 0.3) is 0 Å². The van der Waals surface area contributed by atoms with E-state index in [0.29, 0.717) is 12.6 Å². The first kappa shape index (κ1) is 14.2. The van der Waals surface area contributed by atoms with Gasteiger partial charge in [0.2, 0.25) is 0 Å². The molecule has 7 heteroatoms. The minimum absolute atomic E-state index is 0.185. The van der Waals surface area contributed by atoms with E-state index < -0.39 is 9.84 Å². The number of sulfone groups is 1. The number of rotatable bonds is 6. The van der Waals surface area contributed by atoms with Gasteiger partial charge >= 0.3 is 0 Å². The van der Waals surface area contributed by atoms with Crippen LogP contribution in [0.1, 0.15) is 12.8 Å². The summed E-state index contributed by atoms with van der Waals surface area (Å²) in [5.74, 6) is 1.08. The van der Waals surface area contributed by atoms with Crippen molar-refractivity contribution in [2.45, 2.75) is 18.9 Å². The zero-order valence-corrected chi connectivity index (χ0v) is 11.9. The summed E-state index contributed by atoms with van der Waals surface area (Å²) in [4.78, 5) is 2.24. The van der Waals surface area contributed by atoms with Crippen molar-refractivity contribution in [3.05, 3.63) is 18.3 Å². The molecule has 1 aliphatic heterocycles. The molecule has 1 N–H and O–H groups in total. The van der Waals surface area contributed by atoms with Crippen LogP contribution in [0.4, 0.5) is 5.82 Å². The van der Waals surface area contributed by atoms with Gasteiger partial charge in [0.15, 0.2) is 5.82 Å². The molecule has 0 spiro atoms. The van der Waals surface area contributed by atoms with Gasteiger partial charge in [-0.05, 0) is 25.0 Å². The van der Waals surface area contributed by atoms with E-state index in [1.807, 2.05) is 12.1 Å². The Kier molecular flexibility index (Phi) is 4.71. The Bertz CT molecular complexity index is 492. The van der Waals surface area contributed by atoms with Crippen LogP contribution < -0.4 is 10.2 Å². The fraction of sp³-hybridized carbons (Fsp3) is 0.667. The van der Waals surface area contributed by atoms with Crippen molar-refractivity contribution in [2.75, 3.05) is 36.5 Å². The van der Waals surface area contributed by atoms with Gasteiger partial charge in [-0.25, -0.2) is 8.42 Å². The Morgan fingerprint density at radius 1 is 1.53 bits per heavy atom. The summed E-state index contributed by atoms with van der Waals surface area (Å²) in [6, 6.07) is 4.22. The predicted octanol–water partition coefficient (Wildman–Crippen LogP) is 0.0796. The number of nitrogens with one attached hydrogen (secondary N) is 1. The van der Waals surface area contributed by atoms with Crippen molar-refractivity contribution in [3.8, 4) is 0 Å². The normalized spacial score (nSPS) is 19.8. The van der Waals surface area contributed by atoms with E-state index in [-0.39, 0.29) is 5.75 Å². The number of hydrogen-bond donors (Lipinski definition) is 1. The summed E-state index contributed by atoms with van der Waals surface area (Å²) >= 11 is 0. The predicted molar refractivity (Wildman–Crippen MR) is 75.0 cm³/mol. The fourth-order valence-electron chi connectivity index (χ4n) is 2.32. The highest BCUT2D eigenvalue weighted by Gasteiger charge is 2.25. The average molecular weight is 284 g/mol. The number of anilines is 1. The minimum Gasteiger partial charge on any atom is -0.351 e. The summed E-state index contributed by atoms with van der Waals surface area (Å²) in [5, 5.41) is 11.2. The van der Waals surface area contributed by atoms with E-state index in [9.17, 15) is 8.42 Å². The molecule has 1 aliphatic rings. The van der Waals surface area contributed by atoms with Crippen LogP contribution in [0.2, 0.25) is 0 Å². The Hall–Kier alpha value is -1.21. The third kappa shape index (κ3) is 4.43. The zero-order valence-electron chi connectivity index (χ0n) is 11.1. The van der Waals surface area contributed by atoms with E-state index in [1.165, 1.54) is 6.26 Å². The van der Waals surface area contributed by atoms with E-state index >= 15 is 0 Å². The van der Waals surface area contributed by atoms with Crippen LogP contribution in [0.15, 0.2) is 18.3 Å². The first-order valence-electron chi connectivity index (χ1n) is 6.49. The van der Waals surface area contributed by atoms with Crippen molar-refractivity contribution >= 4 is 15.7 Å². The molecular weight excluding hydrogens is 264 g/mol. The molecule has 0 amide bonds. The monoisotopic (exact) mass is 284 g/mol. The lowest BCUT2D eigenvalue weighted by Gasteiger charge is -2.25. The van der Waals surface area contributed by atoms with Crippen LogP contribution in [-0.2, 0) is 9.84 Å². The van der Waals surface area contributed by atoms with E-state index in [1.54, 1.807) is 6.20 Å². The van der Waals surface area contributed by atoms with Crippen LogP contribution in [0.5, 0.6) is 0 Å². The average Bonchev–Trinajstić information content (AvgIpc) is 2.83. The maximum Gasteiger partial charge on any atom is 0.151 e. The van der Waals surface area contributed by atoms with Crippen LogP contribution in [0.3, 0.4) is 0 Å². The molecule has 1 aromatic heterocycles. The summed E-state index contributed by atoms with van der Waals surface area (Å²) < 4.78 is 22.1. The standard InChI is InChI=1S/C12H20N4O2S/c1-19(17,18)9-7-13-10-11-4-3-8-16(11)12-5-2-6-14-15-12/h2,5-6,11,13H,3-4,7-10H2,1H3/t11-/m0/s1. The Labute approximate surface area is 114 Å². The Balaban J connectivity index is 1.83. The summed E-state index contributed by atoms with van der Waals surface area (Å²) in [6.07, 6.45) is 5.16. The van der Waals surface area contributed by atoms with Gasteiger partial charge in [-0.1, -0.05) is 0 Å². The smallest absolute Gasteiger partial charge is 0.151 e. The van der Waals surface area contributed by atoms with Crippen molar-refractivity contribution in [3.63, 3.8) is 0 Å². The van der Waals surface area contributed by atoms with Gasteiger partial charge in [0.05, 0.1) is 5.75 Å². The van der Waals surface area contributed by atoms with Gasteiger partial charge in [0.1, 0.15) is 9.84 Å². The molecule has 0 aromatic carbocycles. The largest absolute Gasteiger partial charge is 0.351 e. The second kappa shape index (κ2) is 6.29. The lowest BCUT2D eigenvalue weighted by molar-refractivity contribution is 0.572. The quantitative estimate of drug-likeness (QED) is 0.746. The lowest BCUT2D eigenvalue weighted by Crippen LogP contribution is -2.39. The third-order valence-corrected chi connectivity index (χ3v) is 4.20. The van der Waals surface area contributed by atoms with Crippen molar-refractivity contribution < 1.29 is 8.42 Å². The highest BCUT2D eigenvalue weighted by atomic mass is 32.2. The second-order valence-corrected chi connectivity index (χ2v) is 7.17. The molecule has 1 saturated heterocycles. The molecule has 19 heavy (non-hydrogen) atoms. The maximum atomic E-state index is 11.0. The first-order valence-corrected chi connectivity index (χ1v) is 8.55. The van der Waals surface area contributed by atoms with E-state index in [0.717, 1.165) is 31.7 Å². The molecule has 0 bridgehead atoms. The fourth-order valence-corrected chi connectivity index (χ4v) is 2.84. The molecule has 0 radical (unpaired) electrons. The molecule has 0 aliphatic carbocycles. The second-order valence-electron chi connectivity index (χ2n) is 4.91. The minimum atomic E-state index is -2.88. The molecule has 1 aromatic rings. The Morgan fingerprint density at radius 2 is 2.37 bits per heavy atom. The summed E-state index contributed by atoms with van der Waals surface area (Å²) in [5.41, 5.74) is 0. The van der Waals surface area contributed by atoms with E-state index in [4.69, 9.17) is 0 Å². The number of nitrogens with zero attached hydrogens (tertiary/aromatic N) is 3. The van der Waals surface area contributed by atoms with Crippen LogP contribution in [-0.4, -0.2) is 56.3 Å². The first-order chi connectivity index (χ1) is 9.06. The maximum absolute atomic E-state index is 11.0. The molecule has 2 heterocycles. The van der Waals surface area contributed by atoms with E-state index in [2.05, 4.69) is 20.4 Å². The lowest BCUT2D eigenvalue weighted by atomic mass is 10.2. The van der Waals surface area contributed by atoms with Gasteiger partial charge in [0.25, 0.3) is 0 Å². The highest BCUT2D eigenvalue weighted by Crippen LogP contribution is 2.22. The molecule has 1 atom stereocenters. The SMILES string of the molecule is CS(=O)(=O)CCNC[C@@H]1CCCN1c1cccnn1. The van der Waals surface area contributed by atoms with Crippen molar-refractivity contribution in [1.82, 2.24) is 15.5 Å². The molecule has 2 rings (SSSR count). The van der Waals surface area contributed by atoms with Gasteiger partial charge in [-0.3, -0.25) is 0 Å². The molecule has 0 unspecified atom stereocenters. The molecule has 6 nitrogen and oxygen atoms in total. The van der Waals surface area contributed by atoms with Crippen LogP contribution >= 0.6 is 0 Å². The molecule has 1 fully saturated rings.